The topological polar surface area (TPSA) is 91.8 Å². The largest absolute Gasteiger partial charge is 0.493 e. The Morgan fingerprint density at radius 1 is 0.886 bits per heavy atom. The highest BCUT2D eigenvalue weighted by Gasteiger charge is 2.13. The van der Waals surface area contributed by atoms with Gasteiger partial charge in [0.2, 0.25) is 5.91 Å². The lowest BCUT2D eigenvalue weighted by molar-refractivity contribution is -0.115. The minimum absolute atomic E-state index is 0.142. The van der Waals surface area contributed by atoms with E-state index in [0.29, 0.717) is 41.0 Å². The van der Waals surface area contributed by atoms with Crippen LogP contribution in [-0.2, 0) is 17.8 Å². The van der Waals surface area contributed by atoms with Gasteiger partial charge in [-0.15, -0.1) is 11.3 Å². The molecule has 0 atom stereocenters. The number of anilines is 1. The number of hydrogen-bond donors (Lipinski definition) is 1. The van der Waals surface area contributed by atoms with Crippen LogP contribution < -0.4 is 24.3 Å². The number of amides is 1. The number of nitrogens with zero attached hydrogens (tertiary/aromatic N) is 2. The normalized spacial score (nSPS) is 10.5. The standard InChI is InChI=1S/C26H25N3O5S/c1-31-21-6-4-18(12-23(21)33-3)26-29-20(16-35-26)14-25(30)28-19-5-7-22(32-2)24(13-19)34-15-17-8-10-27-11-9-17/h4-13,16H,14-15H2,1-3H3,(H,28,30). The van der Waals surface area contributed by atoms with Gasteiger partial charge in [-0.2, -0.15) is 0 Å². The molecule has 35 heavy (non-hydrogen) atoms. The number of nitrogens with one attached hydrogen (secondary N) is 1. The molecule has 0 aliphatic rings. The van der Waals surface area contributed by atoms with Gasteiger partial charge in [0.05, 0.1) is 33.4 Å². The van der Waals surface area contributed by atoms with Gasteiger partial charge in [0.25, 0.3) is 0 Å². The van der Waals surface area contributed by atoms with Gasteiger partial charge in [0, 0.05) is 35.1 Å². The van der Waals surface area contributed by atoms with Crippen molar-refractivity contribution in [1.82, 2.24) is 9.97 Å². The molecule has 0 unspecified atom stereocenters. The van der Waals surface area contributed by atoms with Gasteiger partial charge < -0.3 is 24.3 Å². The summed E-state index contributed by atoms with van der Waals surface area (Å²) in [6, 6.07) is 14.6. The maximum atomic E-state index is 12.7. The number of hydrogen-bond acceptors (Lipinski definition) is 8. The molecule has 0 bridgehead atoms. The lowest BCUT2D eigenvalue weighted by Gasteiger charge is -2.13. The fraction of sp³-hybridized carbons (Fsp3) is 0.192. The summed E-state index contributed by atoms with van der Waals surface area (Å²) >= 11 is 1.47. The van der Waals surface area contributed by atoms with Gasteiger partial charge in [-0.25, -0.2) is 4.98 Å². The minimum atomic E-state index is -0.181. The monoisotopic (exact) mass is 491 g/mol. The fourth-order valence-electron chi connectivity index (χ4n) is 3.37. The van der Waals surface area contributed by atoms with Crippen LogP contribution in [0, 0.1) is 0 Å². The Kier molecular flexibility index (Phi) is 7.79. The van der Waals surface area contributed by atoms with Crippen molar-refractivity contribution < 1.29 is 23.7 Å². The minimum Gasteiger partial charge on any atom is -0.493 e. The summed E-state index contributed by atoms with van der Waals surface area (Å²) < 4.78 is 22.0. The maximum absolute atomic E-state index is 12.7. The van der Waals surface area contributed by atoms with Crippen LogP contribution in [0.1, 0.15) is 11.3 Å². The first kappa shape index (κ1) is 24.0. The first-order valence-corrected chi connectivity index (χ1v) is 11.6. The van der Waals surface area contributed by atoms with Crippen LogP contribution in [0.15, 0.2) is 66.3 Å². The third kappa shape index (κ3) is 6.07. The second-order valence-electron chi connectivity index (χ2n) is 7.45. The van der Waals surface area contributed by atoms with E-state index in [9.17, 15) is 4.79 Å². The first-order chi connectivity index (χ1) is 17.1. The third-order valence-electron chi connectivity index (χ3n) is 5.11. The average molecular weight is 492 g/mol. The summed E-state index contributed by atoms with van der Waals surface area (Å²) in [6.45, 7) is 0.355. The van der Waals surface area contributed by atoms with Crippen molar-refractivity contribution in [2.45, 2.75) is 13.0 Å². The van der Waals surface area contributed by atoms with E-state index in [-0.39, 0.29) is 12.3 Å². The fourth-order valence-corrected chi connectivity index (χ4v) is 4.18. The van der Waals surface area contributed by atoms with Crippen molar-refractivity contribution in [2.75, 3.05) is 26.6 Å². The number of pyridine rings is 1. The van der Waals surface area contributed by atoms with Crippen molar-refractivity contribution in [3.8, 4) is 33.6 Å². The molecule has 4 rings (SSSR count). The number of aromatic nitrogens is 2. The molecule has 1 amide bonds. The van der Waals surface area contributed by atoms with E-state index in [1.54, 1.807) is 51.9 Å². The van der Waals surface area contributed by atoms with E-state index in [0.717, 1.165) is 16.1 Å². The quantitative estimate of drug-likeness (QED) is 0.334. The molecule has 9 heteroatoms. The highest BCUT2D eigenvalue weighted by atomic mass is 32.1. The van der Waals surface area contributed by atoms with Crippen molar-refractivity contribution >= 4 is 22.9 Å². The Hall–Kier alpha value is -4.11. The van der Waals surface area contributed by atoms with Crippen LogP contribution in [-0.4, -0.2) is 37.2 Å². The van der Waals surface area contributed by atoms with Crippen LogP contribution in [0.25, 0.3) is 10.6 Å². The average Bonchev–Trinajstić information content (AvgIpc) is 3.36. The molecule has 0 spiro atoms. The van der Waals surface area contributed by atoms with Gasteiger partial charge in [-0.1, -0.05) is 0 Å². The number of carbonyl (C=O) groups is 1. The molecular weight excluding hydrogens is 466 g/mol. The zero-order valence-corrected chi connectivity index (χ0v) is 20.4. The molecule has 0 radical (unpaired) electrons. The summed E-state index contributed by atoms with van der Waals surface area (Å²) in [5.74, 6) is 2.21. The molecule has 0 fully saturated rings. The van der Waals surface area contributed by atoms with Crippen molar-refractivity contribution in [3.05, 3.63) is 77.6 Å². The number of ether oxygens (including phenoxy) is 4. The van der Waals surface area contributed by atoms with Crippen LogP contribution in [0.5, 0.6) is 23.0 Å². The molecule has 4 aromatic rings. The second kappa shape index (κ2) is 11.3. The molecule has 180 valence electrons. The highest BCUT2D eigenvalue weighted by molar-refractivity contribution is 7.13. The molecule has 0 aliphatic heterocycles. The van der Waals surface area contributed by atoms with Gasteiger partial charge in [-0.05, 0) is 48.0 Å². The maximum Gasteiger partial charge on any atom is 0.230 e. The summed E-state index contributed by atoms with van der Waals surface area (Å²) in [4.78, 5) is 21.3. The summed E-state index contributed by atoms with van der Waals surface area (Å²) in [5.41, 5.74) is 3.16. The van der Waals surface area contributed by atoms with E-state index < -0.39 is 0 Å². The van der Waals surface area contributed by atoms with Gasteiger partial charge in [0.1, 0.15) is 11.6 Å². The van der Waals surface area contributed by atoms with Crippen molar-refractivity contribution in [3.63, 3.8) is 0 Å². The van der Waals surface area contributed by atoms with Crippen LogP contribution in [0.3, 0.4) is 0 Å². The molecule has 0 saturated heterocycles. The Morgan fingerprint density at radius 2 is 1.60 bits per heavy atom. The number of methoxy groups -OCH3 is 3. The molecule has 1 N–H and O–H groups in total. The van der Waals surface area contributed by atoms with E-state index in [2.05, 4.69) is 15.3 Å². The number of thiazole rings is 1. The molecule has 2 aromatic heterocycles. The molecule has 0 aliphatic carbocycles. The van der Waals surface area contributed by atoms with E-state index in [1.807, 2.05) is 35.7 Å². The van der Waals surface area contributed by atoms with Crippen molar-refractivity contribution in [1.29, 1.82) is 0 Å². The lowest BCUT2D eigenvalue weighted by Crippen LogP contribution is -2.14. The lowest BCUT2D eigenvalue weighted by atomic mass is 10.2. The predicted octanol–water partition coefficient (Wildman–Crippen LogP) is 4.99. The molecule has 2 aromatic carbocycles. The SMILES string of the molecule is COc1ccc(-c2nc(CC(=O)Nc3ccc(OC)c(OCc4ccncc4)c3)cs2)cc1OC. The van der Waals surface area contributed by atoms with Gasteiger partial charge in [-0.3, -0.25) is 9.78 Å². The zero-order valence-electron chi connectivity index (χ0n) is 19.6. The Morgan fingerprint density at radius 3 is 2.34 bits per heavy atom. The highest BCUT2D eigenvalue weighted by Crippen LogP contribution is 2.34. The third-order valence-corrected chi connectivity index (χ3v) is 6.06. The van der Waals surface area contributed by atoms with Gasteiger partial charge in [0.15, 0.2) is 23.0 Å². The van der Waals surface area contributed by atoms with Gasteiger partial charge >= 0.3 is 0 Å². The number of carbonyl (C=O) groups excluding carboxylic acids is 1. The second-order valence-corrected chi connectivity index (χ2v) is 8.31. The number of rotatable bonds is 10. The summed E-state index contributed by atoms with van der Waals surface area (Å²) in [6.07, 6.45) is 3.56. The summed E-state index contributed by atoms with van der Waals surface area (Å²) in [5, 5.41) is 5.58. The number of benzene rings is 2. The van der Waals surface area contributed by atoms with E-state index in [1.165, 1.54) is 11.3 Å². The molecule has 0 saturated carbocycles. The molecule has 2 heterocycles. The van der Waals surface area contributed by atoms with Crippen LogP contribution in [0.4, 0.5) is 5.69 Å². The Bertz CT molecular complexity index is 1290. The molecule has 8 nitrogen and oxygen atoms in total. The van der Waals surface area contributed by atoms with Crippen LogP contribution in [0.2, 0.25) is 0 Å². The first-order valence-electron chi connectivity index (χ1n) is 10.8. The Labute approximate surface area is 207 Å². The van der Waals surface area contributed by atoms with E-state index in [4.69, 9.17) is 18.9 Å². The molecular formula is C26H25N3O5S. The summed E-state index contributed by atoms with van der Waals surface area (Å²) in [7, 11) is 4.76. The predicted molar refractivity (Wildman–Crippen MR) is 135 cm³/mol. The van der Waals surface area contributed by atoms with Crippen LogP contribution >= 0.6 is 11.3 Å². The van der Waals surface area contributed by atoms with Crippen molar-refractivity contribution in [2.24, 2.45) is 0 Å². The zero-order chi connectivity index (χ0) is 24.6. The smallest absolute Gasteiger partial charge is 0.230 e. The van der Waals surface area contributed by atoms with E-state index >= 15 is 0 Å². The Balaban J connectivity index is 1.41.